The largest absolute Gasteiger partial charge is 0.497 e. The van der Waals surface area contributed by atoms with Crippen molar-refractivity contribution >= 4 is 30.1 Å². The number of benzene rings is 1. The molecule has 1 saturated carbocycles. The molecule has 4 nitrogen and oxygen atoms in total. The average molecular weight is 331 g/mol. The van der Waals surface area contributed by atoms with Crippen LogP contribution >= 0.6 is 24.2 Å². The predicted octanol–water partition coefficient (Wildman–Crippen LogP) is 2.60. The minimum absolute atomic E-state index is 0. The van der Waals surface area contributed by atoms with E-state index in [1.807, 2.05) is 24.3 Å². The van der Waals surface area contributed by atoms with Crippen molar-refractivity contribution in [3.63, 3.8) is 0 Å². The number of amides is 1. The van der Waals surface area contributed by atoms with Crippen LogP contribution in [0.5, 0.6) is 5.75 Å². The molecule has 118 valence electrons. The summed E-state index contributed by atoms with van der Waals surface area (Å²) in [6.07, 6.45) is 4.01. The molecule has 1 aromatic carbocycles. The summed E-state index contributed by atoms with van der Waals surface area (Å²) < 4.78 is 5.17. The highest BCUT2D eigenvalue weighted by molar-refractivity contribution is 8.00. The van der Waals surface area contributed by atoms with Gasteiger partial charge in [-0.05, 0) is 43.9 Å². The summed E-state index contributed by atoms with van der Waals surface area (Å²) in [6.45, 7) is 0. The maximum atomic E-state index is 11.9. The van der Waals surface area contributed by atoms with Crippen molar-refractivity contribution in [2.75, 3.05) is 12.9 Å². The van der Waals surface area contributed by atoms with Crippen LogP contribution in [0.4, 0.5) is 0 Å². The first kappa shape index (κ1) is 18.1. The van der Waals surface area contributed by atoms with E-state index in [9.17, 15) is 4.79 Å². The molecule has 6 heteroatoms. The Morgan fingerprint density at radius 3 is 2.76 bits per heavy atom. The Labute approximate surface area is 136 Å². The average Bonchev–Trinajstić information content (AvgIpc) is 2.48. The predicted molar refractivity (Wildman–Crippen MR) is 89.3 cm³/mol. The van der Waals surface area contributed by atoms with Gasteiger partial charge in [-0.3, -0.25) is 4.79 Å². The Morgan fingerprint density at radius 1 is 1.38 bits per heavy atom. The monoisotopic (exact) mass is 330 g/mol. The van der Waals surface area contributed by atoms with E-state index in [4.69, 9.17) is 10.5 Å². The van der Waals surface area contributed by atoms with Gasteiger partial charge in [-0.15, -0.1) is 24.2 Å². The van der Waals surface area contributed by atoms with Gasteiger partial charge in [-0.1, -0.05) is 6.07 Å². The third kappa shape index (κ3) is 6.16. The second-order valence-corrected chi connectivity index (χ2v) is 6.20. The van der Waals surface area contributed by atoms with Gasteiger partial charge in [0.1, 0.15) is 5.75 Å². The third-order valence-corrected chi connectivity index (χ3v) is 4.54. The summed E-state index contributed by atoms with van der Waals surface area (Å²) in [4.78, 5) is 13.0. The van der Waals surface area contributed by atoms with Crippen molar-refractivity contribution in [1.29, 1.82) is 0 Å². The summed E-state index contributed by atoms with van der Waals surface area (Å²) in [6, 6.07) is 8.37. The number of nitrogens with one attached hydrogen (secondary N) is 1. The van der Waals surface area contributed by atoms with Gasteiger partial charge in [0.05, 0.1) is 12.9 Å². The molecule has 0 heterocycles. The number of carbonyl (C=O) groups is 1. The van der Waals surface area contributed by atoms with E-state index in [0.717, 1.165) is 36.3 Å². The molecule has 2 rings (SSSR count). The topological polar surface area (TPSA) is 64.3 Å². The minimum Gasteiger partial charge on any atom is -0.497 e. The minimum atomic E-state index is 0. The van der Waals surface area contributed by atoms with Crippen LogP contribution in [0.15, 0.2) is 29.2 Å². The number of nitrogens with two attached hydrogens (primary N) is 1. The van der Waals surface area contributed by atoms with E-state index < -0.39 is 0 Å². The number of hydrogen-bond acceptors (Lipinski definition) is 4. The van der Waals surface area contributed by atoms with Gasteiger partial charge in [0.2, 0.25) is 5.91 Å². The molecule has 0 unspecified atom stereocenters. The zero-order valence-corrected chi connectivity index (χ0v) is 13.8. The number of halogens is 1. The Kier molecular flexibility index (Phi) is 7.93. The fraction of sp³-hybridized carbons (Fsp3) is 0.533. The van der Waals surface area contributed by atoms with Gasteiger partial charge < -0.3 is 15.8 Å². The molecule has 1 aliphatic carbocycles. The van der Waals surface area contributed by atoms with Gasteiger partial charge >= 0.3 is 0 Å². The highest BCUT2D eigenvalue weighted by Gasteiger charge is 2.19. The molecular weight excluding hydrogens is 308 g/mol. The molecule has 1 aliphatic rings. The van der Waals surface area contributed by atoms with Crippen LogP contribution < -0.4 is 15.8 Å². The number of thioether (sulfide) groups is 1. The molecule has 0 aromatic heterocycles. The van der Waals surface area contributed by atoms with Crippen molar-refractivity contribution in [3.05, 3.63) is 24.3 Å². The highest BCUT2D eigenvalue weighted by Crippen LogP contribution is 2.23. The lowest BCUT2D eigenvalue weighted by atomic mass is 9.92. The Balaban J connectivity index is 0.00000220. The molecule has 3 N–H and O–H groups in total. The van der Waals surface area contributed by atoms with E-state index >= 15 is 0 Å². The molecule has 0 bridgehead atoms. The van der Waals surface area contributed by atoms with Crippen molar-refractivity contribution in [2.24, 2.45) is 5.73 Å². The molecule has 0 spiro atoms. The lowest BCUT2D eigenvalue weighted by Gasteiger charge is -2.26. The molecule has 21 heavy (non-hydrogen) atoms. The first-order chi connectivity index (χ1) is 9.67. The normalized spacial score (nSPS) is 21.2. The van der Waals surface area contributed by atoms with Gasteiger partial charge in [0, 0.05) is 17.0 Å². The van der Waals surface area contributed by atoms with Gasteiger partial charge in [0.15, 0.2) is 0 Å². The highest BCUT2D eigenvalue weighted by atomic mass is 35.5. The molecule has 0 radical (unpaired) electrons. The first-order valence-electron chi connectivity index (χ1n) is 6.99. The summed E-state index contributed by atoms with van der Waals surface area (Å²) in [5, 5.41) is 3.09. The second kappa shape index (κ2) is 9.18. The Hall–Kier alpha value is -0.910. The van der Waals surface area contributed by atoms with Gasteiger partial charge in [0.25, 0.3) is 0 Å². The molecular formula is C15H23ClN2O2S. The Bertz CT molecular complexity index is 451. The first-order valence-corrected chi connectivity index (χ1v) is 7.97. The van der Waals surface area contributed by atoms with E-state index in [-0.39, 0.29) is 18.3 Å². The van der Waals surface area contributed by atoms with Crippen molar-refractivity contribution < 1.29 is 9.53 Å². The van der Waals surface area contributed by atoms with Crippen LogP contribution in [0, 0.1) is 0 Å². The van der Waals surface area contributed by atoms with Gasteiger partial charge in [-0.25, -0.2) is 0 Å². The van der Waals surface area contributed by atoms with E-state index in [2.05, 4.69) is 5.32 Å². The van der Waals surface area contributed by atoms with E-state index in [0.29, 0.717) is 17.8 Å². The summed E-state index contributed by atoms with van der Waals surface area (Å²) in [5.74, 6) is 1.35. The van der Waals surface area contributed by atoms with Crippen LogP contribution in [0.1, 0.15) is 25.7 Å². The number of carbonyl (C=O) groups excluding carboxylic acids is 1. The summed E-state index contributed by atoms with van der Waals surface area (Å²) >= 11 is 1.53. The maximum Gasteiger partial charge on any atom is 0.230 e. The summed E-state index contributed by atoms with van der Waals surface area (Å²) in [5.41, 5.74) is 5.86. The van der Waals surface area contributed by atoms with Crippen LogP contribution in [0.25, 0.3) is 0 Å². The lowest BCUT2D eigenvalue weighted by Crippen LogP contribution is -2.41. The second-order valence-electron chi connectivity index (χ2n) is 5.15. The third-order valence-electron chi connectivity index (χ3n) is 3.55. The van der Waals surface area contributed by atoms with Crippen LogP contribution in [-0.2, 0) is 4.79 Å². The molecule has 0 saturated heterocycles. The molecule has 0 atom stereocenters. The molecule has 1 aromatic rings. The van der Waals surface area contributed by atoms with Crippen LogP contribution in [0.3, 0.4) is 0 Å². The number of hydrogen-bond donors (Lipinski definition) is 2. The maximum absolute atomic E-state index is 11.9. The molecule has 1 fully saturated rings. The van der Waals surface area contributed by atoms with Crippen molar-refractivity contribution in [1.82, 2.24) is 5.32 Å². The fourth-order valence-corrected chi connectivity index (χ4v) is 3.13. The SMILES string of the molecule is COc1cccc(SCC(=O)NC2CCC(N)CC2)c1.Cl. The van der Waals surface area contributed by atoms with E-state index in [1.165, 1.54) is 11.8 Å². The fourth-order valence-electron chi connectivity index (χ4n) is 2.37. The van der Waals surface area contributed by atoms with Crippen LogP contribution in [-0.4, -0.2) is 30.9 Å². The smallest absolute Gasteiger partial charge is 0.230 e. The van der Waals surface area contributed by atoms with Gasteiger partial charge in [-0.2, -0.15) is 0 Å². The van der Waals surface area contributed by atoms with Crippen molar-refractivity contribution in [2.45, 2.75) is 42.7 Å². The lowest BCUT2D eigenvalue weighted by molar-refractivity contribution is -0.119. The zero-order valence-electron chi connectivity index (χ0n) is 12.2. The van der Waals surface area contributed by atoms with Crippen molar-refractivity contribution in [3.8, 4) is 5.75 Å². The standard InChI is InChI=1S/C15H22N2O2S.ClH/c1-19-13-3-2-4-14(9-13)20-10-15(18)17-12-7-5-11(16)6-8-12;/h2-4,9,11-12H,5-8,10,16H2,1H3,(H,17,18);1H. The molecule has 1 amide bonds. The number of rotatable bonds is 5. The van der Waals surface area contributed by atoms with Crippen LogP contribution in [0.2, 0.25) is 0 Å². The number of ether oxygens (including phenoxy) is 1. The summed E-state index contributed by atoms with van der Waals surface area (Å²) in [7, 11) is 1.64. The zero-order chi connectivity index (χ0) is 14.4. The Morgan fingerprint density at radius 2 is 2.10 bits per heavy atom. The van der Waals surface area contributed by atoms with E-state index in [1.54, 1.807) is 7.11 Å². The quantitative estimate of drug-likeness (QED) is 0.814. The number of methoxy groups -OCH3 is 1. The molecule has 0 aliphatic heterocycles.